The second kappa shape index (κ2) is 30.4. The number of benzene rings is 6. The molecule has 114 heavy (non-hydrogen) atoms. The van der Waals surface area contributed by atoms with Crippen LogP contribution in [0, 0.1) is 0 Å². The van der Waals surface area contributed by atoms with Gasteiger partial charge in [0, 0.05) is 104 Å². The van der Waals surface area contributed by atoms with E-state index in [1.54, 1.807) is 114 Å². The lowest BCUT2D eigenvalue weighted by Gasteiger charge is -2.22. The van der Waals surface area contributed by atoms with Crippen LogP contribution in [0.5, 0.6) is 6.01 Å². The van der Waals surface area contributed by atoms with Crippen LogP contribution in [0.1, 0.15) is 234 Å². The Morgan fingerprint density at radius 3 is 1.18 bits per heavy atom. The predicted octanol–water partition coefficient (Wildman–Crippen LogP) is 13.8. The van der Waals surface area contributed by atoms with Crippen molar-refractivity contribution < 1.29 is 67.0 Å². The molecule has 7 heterocycles. The number of nitrogens with zero attached hydrogens (tertiary/aromatic N) is 10. The number of hydrogen-bond donors (Lipinski definition) is 3. The molecule has 0 spiro atoms. The number of halogens is 1. The molecule has 1 saturated heterocycles. The fourth-order valence-electron chi connectivity index (χ4n) is 15.0. The molecule has 1 atom stereocenters. The number of imidazole rings is 6. The first-order valence-electron chi connectivity index (χ1n) is 37.0. The number of hydrogen-bond acceptors (Lipinski definition) is 21. The molecule has 572 valence electrons. The predicted molar refractivity (Wildman–Crippen MR) is 417 cm³/mol. The summed E-state index contributed by atoms with van der Waals surface area (Å²) in [5, 5.41) is 0.114. The lowest BCUT2D eigenvalue weighted by molar-refractivity contribution is 0.0809. The highest BCUT2D eigenvalue weighted by atomic mass is 35.5. The third kappa shape index (κ3) is 13.1. The summed E-state index contributed by atoms with van der Waals surface area (Å²) in [5.74, 6) is -3.68. The van der Waals surface area contributed by atoms with E-state index in [0.29, 0.717) is 144 Å². The van der Waals surface area contributed by atoms with Crippen LogP contribution < -0.4 is 4.74 Å². The van der Waals surface area contributed by atoms with Crippen molar-refractivity contribution in [1.29, 1.82) is 0 Å². The molecule has 27 nitrogen and oxygen atoms in total. The standard InChI is InChI=1S/C29H24N4O4.C18H21N3O2.C15H12N2O3.C13H10N2O3.C11H5ClN2O2/c1-14(2)28-30-20-16-9-5-7-11-18(16)25(35)27(37)23(20)33(28)13-32-22-17-10-6-8-12-19(17)24(34)26(36)21(22)31-29(32)15(3)4;1-11(2)18-19-14-12-7-5-6-8-13(12)16(22)17(23)15(14)21(18)10-9-20(3)4;18-13-9-5-2-1-4-8(9)11-12(14(13)19)17-15(16-11)10-6-3-7-20-10;1-2-18-13-14-9-7-5-3-4-6-8(7)11(16)12(17)10(9)15-13;12-11-13-7-5-3-1-2-4-6(5)9(15)10(16)8(7)14-11/h5-12,14-15H,13H2,1-4H3;5-8,11H,9-10H2,1-4H3;1-2,4-5,10H,3,6-7H2,(H,16,17);3-6H,2H2,1H3,(H,14,15);1-4H,(H,13,14). The topological polar surface area (TPSA) is 366 Å². The van der Waals surface area contributed by atoms with Crippen molar-refractivity contribution in [3.05, 3.63) is 242 Å². The zero-order valence-electron chi connectivity index (χ0n) is 63.2. The highest BCUT2D eigenvalue weighted by Crippen LogP contribution is 2.43. The molecular formula is C86H72ClN13O14. The fourth-order valence-corrected chi connectivity index (χ4v) is 15.2. The van der Waals surface area contributed by atoms with Crippen LogP contribution in [0.2, 0.25) is 5.28 Å². The van der Waals surface area contributed by atoms with Crippen LogP contribution in [-0.2, 0) is 18.0 Å². The van der Waals surface area contributed by atoms with Crippen molar-refractivity contribution in [2.75, 3.05) is 33.9 Å². The van der Waals surface area contributed by atoms with Crippen LogP contribution in [0.25, 0.3) is 67.5 Å². The van der Waals surface area contributed by atoms with E-state index in [9.17, 15) is 57.5 Å². The number of ketones is 12. The van der Waals surface area contributed by atoms with Crippen LogP contribution in [0.4, 0.5) is 0 Å². The van der Waals surface area contributed by atoms with Gasteiger partial charge in [0.2, 0.25) is 40.0 Å². The molecule has 0 bridgehead atoms. The Hall–Kier alpha value is -13.4. The summed E-state index contributed by atoms with van der Waals surface area (Å²) >= 11 is 5.70. The van der Waals surface area contributed by atoms with E-state index >= 15 is 0 Å². The number of H-pyrrole nitrogens is 3. The number of carbonyl (C=O) groups excluding carboxylic acids is 12. The van der Waals surface area contributed by atoms with E-state index in [2.05, 4.69) is 53.6 Å². The summed E-state index contributed by atoms with van der Waals surface area (Å²) in [5.41, 5.74) is 11.0. The lowest BCUT2D eigenvalue weighted by Crippen LogP contribution is -2.27. The zero-order valence-corrected chi connectivity index (χ0v) is 63.9. The molecule has 12 aromatic rings. The van der Waals surface area contributed by atoms with E-state index in [1.165, 1.54) is 0 Å². The molecular weight excluding hydrogens is 1470 g/mol. The van der Waals surface area contributed by atoms with Gasteiger partial charge in [0.15, 0.2) is 0 Å². The minimum Gasteiger partial charge on any atom is -0.465 e. The Labute approximate surface area is 655 Å². The second-order valence-corrected chi connectivity index (χ2v) is 29.3. The Bertz CT molecular complexity index is 6140. The first-order chi connectivity index (χ1) is 54.8. The molecule has 28 heteroatoms. The molecule has 19 rings (SSSR count). The maximum absolute atomic E-state index is 13.4. The number of rotatable bonds is 11. The molecule has 6 aliphatic carbocycles. The summed E-state index contributed by atoms with van der Waals surface area (Å²) in [6, 6.07) is 42.4. The molecule has 3 N–H and O–H groups in total. The molecule has 7 aliphatic rings. The normalized spacial score (nSPS) is 15.0. The number of aromatic amines is 3. The fraction of sp³-hybridized carbons (Fsp3) is 0.233. The van der Waals surface area contributed by atoms with E-state index in [-0.39, 0.29) is 64.6 Å². The van der Waals surface area contributed by atoms with Gasteiger partial charge in [-0.1, -0.05) is 187 Å². The molecule has 6 aromatic carbocycles. The average Bonchev–Trinajstić information content (AvgIpc) is 1.57. The van der Waals surface area contributed by atoms with Gasteiger partial charge in [-0.25, -0.2) is 24.9 Å². The number of aromatic nitrogens is 12. The quantitative estimate of drug-likeness (QED) is 0.101. The molecule has 0 radical (unpaired) electrons. The summed E-state index contributed by atoms with van der Waals surface area (Å²) in [6.45, 7) is 16.5. The van der Waals surface area contributed by atoms with Gasteiger partial charge in [-0.2, -0.15) is 4.98 Å². The maximum Gasteiger partial charge on any atom is 0.294 e. The molecule has 0 amide bonds. The van der Waals surface area contributed by atoms with Crippen molar-refractivity contribution >= 4 is 81.0 Å². The molecule has 6 aromatic heterocycles. The van der Waals surface area contributed by atoms with E-state index in [0.717, 1.165) is 30.8 Å². The van der Waals surface area contributed by atoms with E-state index in [1.807, 2.05) is 94.2 Å². The van der Waals surface area contributed by atoms with E-state index < -0.39 is 69.4 Å². The van der Waals surface area contributed by atoms with Crippen LogP contribution in [0.3, 0.4) is 0 Å². The smallest absolute Gasteiger partial charge is 0.294 e. The summed E-state index contributed by atoms with van der Waals surface area (Å²) in [7, 11) is 3.97. The molecule has 0 saturated carbocycles. The first-order valence-corrected chi connectivity index (χ1v) is 37.4. The van der Waals surface area contributed by atoms with Crippen molar-refractivity contribution in [3.63, 3.8) is 0 Å². The second-order valence-electron chi connectivity index (χ2n) is 28.9. The Morgan fingerprint density at radius 2 is 0.754 bits per heavy atom. The molecule has 1 fully saturated rings. The van der Waals surface area contributed by atoms with E-state index in [4.69, 9.17) is 31.0 Å². The number of likely N-dealkylation sites (N-methyl/N-ethyl adjacent to an activating group) is 1. The number of fused-ring (bicyclic) bond motifs is 18. The molecule has 1 unspecified atom stereocenters. The van der Waals surface area contributed by atoms with Crippen molar-refractivity contribution in [2.45, 2.75) is 98.4 Å². The third-order valence-corrected chi connectivity index (χ3v) is 20.5. The highest BCUT2D eigenvalue weighted by molar-refractivity contribution is 6.55. The number of Topliss-reactive ketones (excluding diaryl/α,β-unsaturated/α-hetero) is 12. The van der Waals surface area contributed by atoms with Crippen LogP contribution >= 0.6 is 11.6 Å². The largest absolute Gasteiger partial charge is 0.465 e. The summed E-state index contributed by atoms with van der Waals surface area (Å²) < 4.78 is 16.4. The Balaban J connectivity index is 0.000000117. The molecule has 1 aliphatic heterocycles. The highest BCUT2D eigenvalue weighted by Gasteiger charge is 2.43. The Morgan fingerprint density at radius 1 is 0.404 bits per heavy atom. The summed E-state index contributed by atoms with van der Waals surface area (Å²) in [4.78, 5) is 186. The van der Waals surface area contributed by atoms with Gasteiger partial charge in [-0.15, -0.1) is 0 Å². The monoisotopic (exact) mass is 1550 g/mol. The minimum atomic E-state index is -0.647. The van der Waals surface area contributed by atoms with Gasteiger partial charge < -0.3 is 43.0 Å². The van der Waals surface area contributed by atoms with Gasteiger partial charge in [0.1, 0.15) is 98.7 Å². The van der Waals surface area contributed by atoms with Gasteiger partial charge in [0.05, 0.1) is 12.3 Å². The van der Waals surface area contributed by atoms with Gasteiger partial charge in [-0.3, -0.25) is 57.5 Å². The number of carbonyl (C=O) groups is 12. The van der Waals surface area contributed by atoms with Gasteiger partial charge in [0.25, 0.3) is 40.7 Å². The Kier molecular flexibility index (Phi) is 20.3. The number of ether oxygens (including phenoxy) is 2. The number of nitrogens with one attached hydrogen (secondary N) is 3. The third-order valence-electron chi connectivity index (χ3n) is 20.3. The van der Waals surface area contributed by atoms with Crippen molar-refractivity contribution in [2.24, 2.45) is 0 Å². The van der Waals surface area contributed by atoms with Crippen molar-refractivity contribution in [3.8, 4) is 73.6 Å². The lowest BCUT2D eigenvalue weighted by atomic mass is 9.90. The van der Waals surface area contributed by atoms with Gasteiger partial charge >= 0.3 is 0 Å². The minimum absolute atomic E-state index is 0.0574. The summed E-state index contributed by atoms with van der Waals surface area (Å²) in [6.07, 6.45) is 1.77. The van der Waals surface area contributed by atoms with Crippen LogP contribution in [-0.4, -0.2) is 167 Å². The van der Waals surface area contributed by atoms with Crippen LogP contribution in [0.15, 0.2) is 146 Å². The first kappa shape index (κ1) is 76.0. The average molecular weight is 1550 g/mol. The maximum atomic E-state index is 13.4. The van der Waals surface area contributed by atoms with Gasteiger partial charge in [-0.05, 0) is 45.5 Å². The SMILES string of the molecule is CC(C)c1nc2c(n1CCN(C)C)C(=O)C(=O)c1ccccc1-2.CC(C)c1nc2c(n1Cn1c(C(C)C)nc3c1-c1ccccc1C(=O)C3=O)C(=O)C(=O)c1ccccc1-2.CCOc1nc2c([nH]1)C(=O)C(=O)c1ccccc1-2.O=C1C(=O)c2[nH]c(C3CCCO3)nc2-c2ccccc21.O=C1C(=O)c2[nH]c(Cl)nc2-c2ccccc21. The zero-order chi connectivity index (χ0) is 80.6. The van der Waals surface area contributed by atoms with Crippen molar-refractivity contribution in [1.82, 2.24) is 63.5 Å².